The number of esters is 1. The third-order valence-electron chi connectivity index (χ3n) is 5.61. The van der Waals surface area contributed by atoms with Crippen LogP contribution >= 0.6 is 0 Å². The lowest BCUT2D eigenvalue weighted by molar-refractivity contribution is -0.143. The summed E-state index contributed by atoms with van der Waals surface area (Å²) in [5.74, 6) is 1.00. The van der Waals surface area contributed by atoms with E-state index in [1.54, 1.807) is 0 Å². The highest BCUT2D eigenvalue weighted by atomic mass is 16.5. The number of rotatable bonds is 6. The van der Waals surface area contributed by atoms with Gasteiger partial charge in [-0.15, -0.1) is 0 Å². The first kappa shape index (κ1) is 17.4. The molecule has 0 amide bonds. The Morgan fingerprint density at radius 1 is 1.29 bits per heavy atom. The van der Waals surface area contributed by atoms with Crippen molar-refractivity contribution in [2.24, 2.45) is 5.92 Å². The van der Waals surface area contributed by atoms with Crippen molar-refractivity contribution in [1.29, 1.82) is 0 Å². The van der Waals surface area contributed by atoms with Crippen molar-refractivity contribution in [2.45, 2.75) is 50.5 Å². The SMILES string of the molecule is COC(=O)C(CC1CCCc2ccccc21)NCC1CCNCC1. The van der Waals surface area contributed by atoms with Gasteiger partial charge in [0.2, 0.25) is 0 Å². The summed E-state index contributed by atoms with van der Waals surface area (Å²) in [5.41, 5.74) is 2.89. The van der Waals surface area contributed by atoms with E-state index in [1.165, 1.54) is 43.9 Å². The van der Waals surface area contributed by atoms with Crippen LogP contribution in [-0.2, 0) is 16.0 Å². The van der Waals surface area contributed by atoms with Gasteiger partial charge in [0.05, 0.1) is 7.11 Å². The van der Waals surface area contributed by atoms with Gasteiger partial charge in [-0.05, 0) is 81.1 Å². The number of carbonyl (C=O) groups excluding carboxylic acids is 1. The van der Waals surface area contributed by atoms with E-state index in [1.807, 2.05) is 0 Å². The van der Waals surface area contributed by atoms with Crippen LogP contribution in [0, 0.1) is 5.92 Å². The van der Waals surface area contributed by atoms with Crippen molar-refractivity contribution in [1.82, 2.24) is 10.6 Å². The molecular weight excluding hydrogens is 300 g/mol. The second-order valence-electron chi connectivity index (χ2n) is 7.20. The predicted octanol–water partition coefficient (Wildman–Crippen LogP) is 2.63. The molecule has 0 radical (unpaired) electrons. The number of carbonyl (C=O) groups is 1. The van der Waals surface area contributed by atoms with Crippen LogP contribution in [0.1, 0.15) is 49.1 Å². The van der Waals surface area contributed by atoms with Gasteiger partial charge in [-0.25, -0.2) is 0 Å². The maximum Gasteiger partial charge on any atom is 0.322 e. The van der Waals surface area contributed by atoms with Gasteiger partial charge in [0.25, 0.3) is 0 Å². The largest absolute Gasteiger partial charge is 0.468 e. The number of fused-ring (bicyclic) bond motifs is 1. The Hall–Kier alpha value is -1.39. The van der Waals surface area contributed by atoms with Gasteiger partial charge in [0, 0.05) is 0 Å². The van der Waals surface area contributed by atoms with Crippen molar-refractivity contribution in [3.8, 4) is 0 Å². The van der Waals surface area contributed by atoms with Crippen molar-refractivity contribution < 1.29 is 9.53 Å². The molecule has 0 spiro atoms. The second kappa shape index (κ2) is 8.63. The van der Waals surface area contributed by atoms with E-state index >= 15 is 0 Å². The molecule has 24 heavy (non-hydrogen) atoms. The zero-order chi connectivity index (χ0) is 16.8. The highest BCUT2D eigenvalue weighted by Gasteiger charge is 2.28. The van der Waals surface area contributed by atoms with Crippen LogP contribution in [0.2, 0.25) is 0 Å². The Morgan fingerprint density at radius 3 is 2.88 bits per heavy atom. The van der Waals surface area contributed by atoms with E-state index in [2.05, 4.69) is 34.9 Å². The van der Waals surface area contributed by atoms with Crippen molar-refractivity contribution in [3.05, 3.63) is 35.4 Å². The van der Waals surface area contributed by atoms with Crippen LogP contribution in [0.25, 0.3) is 0 Å². The van der Waals surface area contributed by atoms with Crippen molar-refractivity contribution in [3.63, 3.8) is 0 Å². The molecule has 2 atom stereocenters. The Bertz CT molecular complexity index is 540. The molecule has 2 N–H and O–H groups in total. The van der Waals surface area contributed by atoms with E-state index < -0.39 is 0 Å². The second-order valence-corrected chi connectivity index (χ2v) is 7.20. The minimum absolute atomic E-state index is 0.119. The fourth-order valence-electron chi connectivity index (χ4n) is 4.18. The van der Waals surface area contributed by atoms with Crippen LogP contribution < -0.4 is 10.6 Å². The summed E-state index contributed by atoms with van der Waals surface area (Å²) >= 11 is 0. The summed E-state index contributed by atoms with van der Waals surface area (Å²) in [6.07, 6.45) is 6.76. The predicted molar refractivity (Wildman–Crippen MR) is 96.1 cm³/mol. The third-order valence-corrected chi connectivity index (χ3v) is 5.61. The minimum Gasteiger partial charge on any atom is -0.468 e. The Labute approximate surface area is 145 Å². The first-order valence-corrected chi connectivity index (χ1v) is 9.37. The van der Waals surface area contributed by atoms with Gasteiger partial charge in [0.15, 0.2) is 0 Å². The monoisotopic (exact) mass is 330 g/mol. The standard InChI is InChI=1S/C20H30N2O2/c1-24-20(23)19(22-14-15-9-11-21-12-10-15)13-17-7-4-6-16-5-2-3-8-18(16)17/h2-3,5,8,15,17,19,21-22H,4,6-7,9-14H2,1H3. The number of nitrogens with one attached hydrogen (secondary N) is 2. The average Bonchev–Trinajstić information content (AvgIpc) is 2.65. The van der Waals surface area contributed by atoms with Crippen LogP contribution in [0.4, 0.5) is 0 Å². The third kappa shape index (κ3) is 4.37. The van der Waals surface area contributed by atoms with Crippen LogP contribution in [-0.4, -0.2) is 38.8 Å². The number of ether oxygens (including phenoxy) is 1. The smallest absolute Gasteiger partial charge is 0.322 e. The summed E-state index contributed by atoms with van der Waals surface area (Å²) in [6.45, 7) is 3.09. The first-order valence-electron chi connectivity index (χ1n) is 9.37. The van der Waals surface area contributed by atoms with Gasteiger partial charge < -0.3 is 15.4 Å². The molecule has 2 aliphatic rings. The van der Waals surface area contributed by atoms with Gasteiger partial charge in [-0.1, -0.05) is 24.3 Å². The topological polar surface area (TPSA) is 50.4 Å². The summed E-state index contributed by atoms with van der Waals surface area (Å²) in [6, 6.07) is 8.51. The Kier molecular flexibility index (Phi) is 6.27. The number of methoxy groups -OCH3 is 1. The molecule has 1 aliphatic carbocycles. The number of piperidine rings is 1. The summed E-state index contributed by atoms with van der Waals surface area (Å²) in [7, 11) is 1.50. The average molecular weight is 330 g/mol. The molecule has 1 aromatic carbocycles. The number of hydrogen-bond acceptors (Lipinski definition) is 4. The maximum absolute atomic E-state index is 12.3. The molecule has 4 nitrogen and oxygen atoms in total. The highest BCUT2D eigenvalue weighted by Crippen LogP contribution is 2.34. The van der Waals surface area contributed by atoms with Crippen LogP contribution in [0.15, 0.2) is 24.3 Å². The lowest BCUT2D eigenvalue weighted by Gasteiger charge is -2.30. The molecule has 1 heterocycles. The Balaban J connectivity index is 1.63. The zero-order valence-electron chi connectivity index (χ0n) is 14.7. The molecule has 132 valence electrons. The fourth-order valence-corrected chi connectivity index (χ4v) is 4.18. The zero-order valence-corrected chi connectivity index (χ0v) is 14.7. The van der Waals surface area contributed by atoms with Gasteiger partial charge in [0.1, 0.15) is 6.04 Å². The minimum atomic E-state index is -0.193. The molecule has 3 rings (SSSR count). The van der Waals surface area contributed by atoms with E-state index in [-0.39, 0.29) is 12.0 Å². The molecule has 1 aliphatic heterocycles. The normalized spacial score (nSPS) is 22.6. The molecule has 1 fully saturated rings. The van der Waals surface area contributed by atoms with Crippen molar-refractivity contribution in [2.75, 3.05) is 26.7 Å². The van der Waals surface area contributed by atoms with E-state index in [0.29, 0.717) is 11.8 Å². The molecule has 0 bridgehead atoms. The number of aryl methyl sites for hydroxylation is 1. The van der Waals surface area contributed by atoms with E-state index in [4.69, 9.17) is 4.74 Å². The lowest BCUT2D eigenvalue weighted by Crippen LogP contribution is -2.43. The molecule has 2 unspecified atom stereocenters. The molecular formula is C20H30N2O2. The molecule has 1 saturated heterocycles. The van der Waals surface area contributed by atoms with E-state index in [9.17, 15) is 4.79 Å². The quantitative estimate of drug-likeness (QED) is 0.787. The van der Waals surface area contributed by atoms with Crippen LogP contribution in [0.3, 0.4) is 0 Å². The van der Waals surface area contributed by atoms with Gasteiger partial charge >= 0.3 is 5.97 Å². The molecule has 1 aromatic rings. The molecule has 0 saturated carbocycles. The number of benzene rings is 1. The number of hydrogen-bond donors (Lipinski definition) is 2. The van der Waals surface area contributed by atoms with Crippen molar-refractivity contribution >= 4 is 5.97 Å². The van der Waals surface area contributed by atoms with E-state index in [0.717, 1.165) is 32.5 Å². The Morgan fingerprint density at radius 2 is 2.08 bits per heavy atom. The van der Waals surface area contributed by atoms with Crippen LogP contribution in [0.5, 0.6) is 0 Å². The van der Waals surface area contributed by atoms with Gasteiger partial charge in [-0.3, -0.25) is 4.79 Å². The first-order chi connectivity index (χ1) is 11.8. The molecule has 4 heteroatoms. The summed E-state index contributed by atoms with van der Waals surface area (Å²) in [5, 5.41) is 6.91. The maximum atomic E-state index is 12.3. The lowest BCUT2D eigenvalue weighted by atomic mass is 9.79. The summed E-state index contributed by atoms with van der Waals surface area (Å²) < 4.78 is 5.07. The molecule has 0 aromatic heterocycles. The highest BCUT2D eigenvalue weighted by molar-refractivity contribution is 5.75. The fraction of sp³-hybridized carbons (Fsp3) is 0.650. The summed E-state index contributed by atoms with van der Waals surface area (Å²) in [4.78, 5) is 12.3. The van der Waals surface area contributed by atoms with Gasteiger partial charge in [-0.2, -0.15) is 0 Å².